The molecule has 29 heavy (non-hydrogen) atoms. The van der Waals surface area contributed by atoms with Crippen LogP contribution in [0.25, 0.3) is 0 Å². The van der Waals surface area contributed by atoms with Crippen molar-refractivity contribution in [3.63, 3.8) is 0 Å². The molecule has 1 amide bonds. The summed E-state index contributed by atoms with van der Waals surface area (Å²) in [7, 11) is -3.20. The Balaban J connectivity index is 1.60. The van der Waals surface area contributed by atoms with Gasteiger partial charge in [-0.3, -0.25) is 4.79 Å². The van der Waals surface area contributed by atoms with Gasteiger partial charge in [0, 0.05) is 30.7 Å². The maximum atomic E-state index is 12.4. The summed E-state index contributed by atoms with van der Waals surface area (Å²) in [4.78, 5) is 16.5. The molecule has 0 radical (unpaired) electrons. The van der Waals surface area contributed by atoms with Crippen molar-refractivity contribution in [2.75, 3.05) is 19.3 Å². The number of nitrogens with one attached hydrogen (secondary N) is 1. The van der Waals surface area contributed by atoms with Crippen molar-refractivity contribution < 1.29 is 17.9 Å². The molecule has 1 aromatic carbocycles. The van der Waals surface area contributed by atoms with E-state index in [1.54, 1.807) is 12.1 Å². The summed E-state index contributed by atoms with van der Waals surface area (Å²) in [5.74, 6) is 0.00415. The van der Waals surface area contributed by atoms with Gasteiger partial charge in [0.2, 0.25) is 10.0 Å². The normalized spacial score (nSPS) is 15.8. The monoisotopic (exact) mass is 457 g/mol. The van der Waals surface area contributed by atoms with Crippen LogP contribution in [0.5, 0.6) is 5.75 Å². The van der Waals surface area contributed by atoms with Crippen LogP contribution in [-0.4, -0.2) is 49.1 Å². The van der Waals surface area contributed by atoms with E-state index in [-0.39, 0.29) is 17.7 Å². The average molecular weight is 458 g/mol. The fourth-order valence-electron chi connectivity index (χ4n) is 2.97. The van der Waals surface area contributed by atoms with Crippen LogP contribution in [0.1, 0.15) is 28.9 Å². The van der Waals surface area contributed by atoms with E-state index in [1.165, 1.54) is 22.8 Å². The summed E-state index contributed by atoms with van der Waals surface area (Å²) in [5, 5.41) is 3.72. The average Bonchev–Trinajstić information content (AvgIpc) is 2.69. The van der Waals surface area contributed by atoms with E-state index in [2.05, 4.69) is 10.3 Å². The first-order valence-electron chi connectivity index (χ1n) is 9.02. The Bertz CT molecular complexity index is 975. The highest BCUT2D eigenvalue weighted by molar-refractivity contribution is 7.88. The molecule has 0 spiro atoms. The van der Waals surface area contributed by atoms with Crippen LogP contribution in [-0.2, 0) is 16.6 Å². The number of carbonyl (C=O) groups excluding carboxylic acids is 1. The molecule has 156 valence electrons. The molecule has 0 bridgehead atoms. The lowest BCUT2D eigenvalue weighted by atomic mass is 10.1. The second-order valence-electron chi connectivity index (χ2n) is 6.79. The van der Waals surface area contributed by atoms with Crippen molar-refractivity contribution in [3.8, 4) is 5.75 Å². The highest BCUT2D eigenvalue weighted by Gasteiger charge is 2.26. The van der Waals surface area contributed by atoms with Gasteiger partial charge in [0.25, 0.3) is 5.91 Å². The molecule has 0 atom stereocenters. The van der Waals surface area contributed by atoms with Crippen molar-refractivity contribution in [2.24, 2.45) is 0 Å². The largest absolute Gasteiger partial charge is 0.489 e. The van der Waals surface area contributed by atoms with Gasteiger partial charge in [-0.2, -0.15) is 0 Å². The maximum absolute atomic E-state index is 12.4. The standard InChI is InChI=1S/C19H21Cl2N3O4S/c1-29(26,27)24-8-6-15(7-9-24)28-18-10-17(22-12-16(18)21)19(25)23-11-13-2-4-14(20)5-3-13/h2-5,10,12,15H,6-9,11H2,1H3,(H,23,25). The lowest BCUT2D eigenvalue weighted by Crippen LogP contribution is -2.41. The van der Waals surface area contributed by atoms with Crippen molar-refractivity contribution in [2.45, 2.75) is 25.5 Å². The summed E-state index contributed by atoms with van der Waals surface area (Å²) in [6.07, 6.45) is 3.48. The van der Waals surface area contributed by atoms with Crippen LogP contribution in [0.4, 0.5) is 0 Å². The zero-order valence-electron chi connectivity index (χ0n) is 15.8. The minimum absolute atomic E-state index is 0.183. The number of hydrogen-bond acceptors (Lipinski definition) is 5. The van der Waals surface area contributed by atoms with Crippen LogP contribution < -0.4 is 10.1 Å². The smallest absolute Gasteiger partial charge is 0.270 e. The Morgan fingerprint density at radius 3 is 2.52 bits per heavy atom. The van der Waals surface area contributed by atoms with E-state index in [0.29, 0.717) is 48.3 Å². The van der Waals surface area contributed by atoms with E-state index in [1.807, 2.05) is 12.1 Å². The molecule has 7 nitrogen and oxygen atoms in total. The SMILES string of the molecule is CS(=O)(=O)N1CCC(Oc2cc(C(=O)NCc3ccc(Cl)cc3)ncc2Cl)CC1. The summed E-state index contributed by atoms with van der Waals surface area (Å²) in [5.41, 5.74) is 1.10. The molecule has 1 aliphatic rings. The van der Waals surface area contributed by atoms with Crippen molar-refractivity contribution >= 4 is 39.1 Å². The number of halogens is 2. The molecule has 1 N–H and O–H groups in total. The van der Waals surface area contributed by atoms with E-state index >= 15 is 0 Å². The number of piperidine rings is 1. The number of hydrogen-bond donors (Lipinski definition) is 1. The van der Waals surface area contributed by atoms with Crippen LogP contribution >= 0.6 is 23.2 Å². The number of ether oxygens (including phenoxy) is 1. The van der Waals surface area contributed by atoms with Gasteiger partial charge in [0.15, 0.2) is 0 Å². The van der Waals surface area contributed by atoms with Gasteiger partial charge in [-0.1, -0.05) is 35.3 Å². The highest BCUT2D eigenvalue weighted by Crippen LogP contribution is 2.28. The third-order valence-corrected chi connectivity index (χ3v) is 6.42. The summed E-state index contributed by atoms with van der Waals surface area (Å²) < 4.78 is 30.6. The first kappa shape index (κ1) is 21.8. The third kappa shape index (κ3) is 6.05. The van der Waals surface area contributed by atoms with Gasteiger partial charge < -0.3 is 10.1 Å². The van der Waals surface area contributed by atoms with Crippen molar-refractivity contribution in [1.29, 1.82) is 0 Å². The lowest BCUT2D eigenvalue weighted by Gasteiger charge is -2.30. The minimum Gasteiger partial charge on any atom is -0.489 e. The fraction of sp³-hybridized carbons (Fsp3) is 0.368. The van der Waals surface area contributed by atoms with Gasteiger partial charge in [-0.05, 0) is 30.5 Å². The zero-order valence-corrected chi connectivity index (χ0v) is 18.1. The lowest BCUT2D eigenvalue weighted by molar-refractivity contribution is 0.0943. The quantitative estimate of drug-likeness (QED) is 0.719. The van der Waals surface area contributed by atoms with Gasteiger partial charge in [0.1, 0.15) is 22.6 Å². The molecule has 1 aromatic heterocycles. The fourth-order valence-corrected chi connectivity index (χ4v) is 4.12. The second-order valence-corrected chi connectivity index (χ2v) is 9.61. The third-order valence-electron chi connectivity index (χ3n) is 4.58. The highest BCUT2D eigenvalue weighted by atomic mass is 35.5. The number of rotatable bonds is 6. The molecule has 1 fully saturated rings. The molecule has 3 rings (SSSR count). The molecule has 0 unspecified atom stereocenters. The number of nitrogens with zero attached hydrogens (tertiary/aromatic N) is 2. The summed E-state index contributed by atoms with van der Waals surface area (Å²) in [6.45, 7) is 1.11. The molecule has 10 heteroatoms. The Labute approximate surface area is 180 Å². The number of aromatic nitrogens is 1. The van der Waals surface area contributed by atoms with Gasteiger partial charge in [-0.15, -0.1) is 0 Å². The first-order valence-corrected chi connectivity index (χ1v) is 11.6. The number of benzene rings is 1. The van der Waals surface area contributed by atoms with E-state index in [9.17, 15) is 13.2 Å². The zero-order chi connectivity index (χ0) is 21.0. The molecular weight excluding hydrogens is 437 g/mol. The number of amides is 1. The van der Waals surface area contributed by atoms with E-state index < -0.39 is 10.0 Å². The Kier molecular flexibility index (Phi) is 7.00. The molecule has 0 aliphatic carbocycles. The number of carbonyl (C=O) groups is 1. The minimum atomic E-state index is -3.20. The topological polar surface area (TPSA) is 88.6 Å². The molecule has 2 aromatic rings. The predicted molar refractivity (Wildman–Crippen MR) is 112 cm³/mol. The van der Waals surface area contributed by atoms with Crippen molar-refractivity contribution in [1.82, 2.24) is 14.6 Å². The predicted octanol–water partition coefficient (Wildman–Crippen LogP) is 3.12. The summed E-state index contributed by atoms with van der Waals surface area (Å²) >= 11 is 12.0. The van der Waals surface area contributed by atoms with Gasteiger partial charge >= 0.3 is 0 Å². The van der Waals surface area contributed by atoms with Crippen LogP contribution in [0.3, 0.4) is 0 Å². The van der Waals surface area contributed by atoms with E-state index in [4.69, 9.17) is 27.9 Å². The molecule has 1 saturated heterocycles. The van der Waals surface area contributed by atoms with Crippen LogP contribution in [0.15, 0.2) is 36.5 Å². The summed E-state index contributed by atoms with van der Waals surface area (Å²) in [6, 6.07) is 8.67. The number of pyridine rings is 1. The molecule has 1 aliphatic heterocycles. The van der Waals surface area contributed by atoms with Gasteiger partial charge in [0.05, 0.1) is 12.5 Å². The Hall–Kier alpha value is -1.87. The first-order chi connectivity index (χ1) is 13.7. The maximum Gasteiger partial charge on any atom is 0.270 e. The van der Waals surface area contributed by atoms with Crippen LogP contribution in [0, 0.1) is 0 Å². The van der Waals surface area contributed by atoms with Crippen LogP contribution in [0.2, 0.25) is 10.0 Å². The molecular formula is C19H21Cl2N3O4S. The van der Waals surface area contributed by atoms with Gasteiger partial charge in [-0.25, -0.2) is 17.7 Å². The van der Waals surface area contributed by atoms with Crippen molar-refractivity contribution in [3.05, 3.63) is 57.8 Å². The van der Waals surface area contributed by atoms with E-state index in [0.717, 1.165) is 5.56 Å². The number of sulfonamides is 1. The Morgan fingerprint density at radius 1 is 1.24 bits per heavy atom. The second kappa shape index (κ2) is 9.30. The molecule has 2 heterocycles. The molecule has 0 saturated carbocycles. The Morgan fingerprint density at radius 2 is 1.90 bits per heavy atom.